The van der Waals surface area contributed by atoms with Crippen molar-refractivity contribution in [3.63, 3.8) is 0 Å². The summed E-state index contributed by atoms with van der Waals surface area (Å²) in [5, 5.41) is 5.62. The second kappa shape index (κ2) is 6.02. The minimum absolute atomic E-state index is 0.838. The van der Waals surface area contributed by atoms with E-state index in [2.05, 4.69) is 40.5 Å². The first-order valence-electron chi connectivity index (χ1n) is 7.58. The summed E-state index contributed by atoms with van der Waals surface area (Å²) in [6, 6.07) is 2.24. The van der Waals surface area contributed by atoms with Crippen LogP contribution in [0.5, 0.6) is 0 Å². The van der Waals surface area contributed by atoms with E-state index in [0.29, 0.717) is 0 Å². The Bertz CT molecular complexity index is 635. The van der Waals surface area contributed by atoms with E-state index in [1.165, 1.54) is 10.4 Å². The largest absolute Gasteiger partial charge is 0.370 e. The lowest BCUT2D eigenvalue weighted by molar-refractivity contribution is 0.724. The molecule has 21 heavy (non-hydrogen) atoms. The highest BCUT2D eigenvalue weighted by Crippen LogP contribution is 2.30. The van der Waals surface area contributed by atoms with E-state index in [9.17, 15) is 0 Å². The van der Waals surface area contributed by atoms with E-state index >= 15 is 0 Å². The van der Waals surface area contributed by atoms with Gasteiger partial charge < -0.3 is 10.2 Å². The van der Waals surface area contributed by atoms with Crippen molar-refractivity contribution >= 4 is 23.0 Å². The second-order valence-electron chi connectivity index (χ2n) is 5.54. The third-order valence-corrected chi connectivity index (χ3v) is 4.90. The summed E-state index contributed by atoms with van der Waals surface area (Å²) in [5.41, 5.74) is 2.61. The van der Waals surface area contributed by atoms with E-state index in [0.717, 1.165) is 55.5 Å². The first-order chi connectivity index (χ1) is 10.2. The fourth-order valence-electron chi connectivity index (χ4n) is 2.77. The van der Waals surface area contributed by atoms with Gasteiger partial charge in [0.25, 0.3) is 0 Å². The van der Waals surface area contributed by atoms with Crippen molar-refractivity contribution in [1.29, 1.82) is 0 Å². The van der Waals surface area contributed by atoms with Crippen molar-refractivity contribution < 1.29 is 0 Å². The Morgan fingerprint density at radius 2 is 2.19 bits per heavy atom. The fourth-order valence-corrected chi connectivity index (χ4v) is 3.66. The van der Waals surface area contributed by atoms with Gasteiger partial charge >= 0.3 is 0 Å². The summed E-state index contributed by atoms with van der Waals surface area (Å²) >= 11 is 1.87. The third-order valence-electron chi connectivity index (χ3n) is 3.88. The minimum Gasteiger partial charge on any atom is -0.370 e. The van der Waals surface area contributed by atoms with Gasteiger partial charge in [-0.05, 0) is 43.7 Å². The van der Waals surface area contributed by atoms with Crippen LogP contribution in [0, 0.1) is 13.8 Å². The summed E-state index contributed by atoms with van der Waals surface area (Å²) < 4.78 is 0. The lowest BCUT2D eigenvalue weighted by atomic mass is 10.1. The van der Waals surface area contributed by atoms with Gasteiger partial charge in [0.15, 0.2) is 0 Å². The van der Waals surface area contributed by atoms with Crippen LogP contribution in [0.4, 0.5) is 11.6 Å². The first-order valence-corrected chi connectivity index (χ1v) is 8.46. The molecule has 0 amide bonds. The summed E-state index contributed by atoms with van der Waals surface area (Å²) in [4.78, 5) is 13.2. The Morgan fingerprint density at radius 1 is 1.33 bits per heavy atom. The predicted molar refractivity (Wildman–Crippen MR) is 89.4 cm³/mol. The van der Waals surface area contributed by atoms with Gasteiger partial charge in [-0.3, -0.25) is 0 Å². The van der Waals surface area contributed by atoms with Gasteiger partial charge in [0.05, 0.1) is 0 Å². The van der Waals surface area contributed by atoms with Crippen LogP contribution < -0.4 is 10.2 Å². The van der Waals surface area contributed by atoms with Crippen LogP contribution in [0.25, 0.3) is 0 Å². The quantitative estimate of drug-likeness (QED) is 0.938. The molecule has 1 N–H and O–H groups in total. The molecule has 1 aliphatic heterocycles. The van der Waals surface area contributed by atoms with E-state index in [1.807, 2.05) is 18.3 Å². The maximum Gasteiger partial charge on any atom is 0.137 e. The SMILES string of the molecule is CCCNc1nc(C)nc(N2CCc3sccc3C2)c1C. The van der Waals surface area contributed by atoms with Crippen LogP contribution in [0.1, 0.15) is 35.2 Å². The third kappa shape index (κ3) is 2.88. The maximum atomic E-state index is 4.70. The van der Waals surface area contributed by atoms with Crippen LogP contribution in [-0.2, 0) is 13.0 Å². The van der Waals surface area contributed by atoms with Crippen molar-refractivity contribution in [1.82, 2.24) is 9.97 Å². The average Bonchev–Trinajstić information content (AvgIpc) is 2.95. The number of rotatable bonds is 4. The number of hydrogen-bond acceptors (Lipinski definition) is 5. The molecule has 3 rings (SSSR count). The van der Waals surface area contributed by atoms with Gasteiger partial charge in [-0.1, -0.05) is 6.92 Å². The van der Waals surface area contributed by atoms with Gasteiger partial charge in [0.2, 0.25) is 0 Å². The smallest absolute Gasteiger partial charge is 0.137 e. The molecule has 0 atom stereocenters. The highest BCUT2D eigenvalue weighted by atomic mass is 32.1. The summed E-state index contributed by atoms with van der Waals surface area (Å²) in [6.45, 7) is 9.21. The number of nitrogens with one attached hydrogen (secondary N) is 1. The minimum atomic E-state index is 0.838. The van der Waals surface area contributed by atoms with Crippen molar-refractivity contribution in [2.45, 2.75) is 40.2 Å². The lowest BCUT2D eigenvalue weighted by Crippen LogP contribution is -2.31. The number of aryl methyl sites for hydroxylation is 1. The molecular formula is C16H22N4S. The number of nitrogens with zero attached hydrogens (tertiary/aromatic N) is 3. The zero-order valence-corrected chi connectivity index (χ0v) is 13.8. The standard InChI is InChI=1S/C16H22N4S/c1-4-7-17-15-11(2)16(19-12(3)18-15)20-8-5-14-13(10-20)6-9-21-14/h6,9H,4-5,7-8,10H2,1-3H3,(H,17,18,19). The molecule has 0 unspecified atom stereocenters. The molecule has 0 radical (unpaired) electrons. The normalized spacial score (nSPS) is 14.1. The molecule has 0 aromatic carbocycles. The lowest BCUT2D eigenvalue weighted by Gasteiger charge is -2.30. The molecule has 112 valence electrons. The van der Waals surface area contributed by atoms with Gasteiger partial charge in [0.1, 0.15) is 17.5 Å². The van der Waals surface area contributed by atoms with Crippen LogP contribution >= 0.6 is 11.3 Å². The highest BCUT2D eigenvalue weighted by Gasteiger charge is 2.21. The van der Waals surface area contributed by atoms with Gasteiger partial charge in [0, 0.05) is 30.1 Å². The molecule has 2 aromatic heterocycles. The number of anilines is 2. The Hall–Kier alpha value is -1.62. The van der Waals surface area contributed by atoms with Crippen LogP contribution in [-0.4, -0.2) is 23.1 Å². The number of hydrogen-bond donors (Lipinski definition) is 1. The Kier molecular flexibility index (Phi) is 4.10. The molecule has 5 heteroatoms. The second-order valence-corrected chi connectivity index (χ2v) is 6.54. The van der Waals surface area contributed by atoms with E-state index in [4.69, 9.17) is 4.98 Å². The molecule has 0 saturated carbocycles. The van der Waals surface area contributed by atoms with Gasteiger partial charge in [-0.25, -0.2) is 9.97 Å². The van der Waals surface area contributed by atoms with Crippen molar-refractivity contribution in [3.8, 4) is 0 Å². The summed E-state index contributed by atoms with van der Waals surface area (Å²) in [5.74, 6) is 2.90. The fraction of sp³-hybridized carbons (Fsp3) is 0.500. The molecule has 0 bridgehead atoms. The zero-order chi connectivity index (χ0) is 14.8. The number of fused-ring (bicyclic) bond motifs is 1. The van der Waals surface area contributed by atoms with E-state index in [-0.39, 0.29) is 0 Å². The Morgan fingerprint density at radius 3 is 3.00 bits per heavy atom. The van der Waals surface area contributed by atoms with E-state index < -0.39 is 0 Å². The molecule has 0 spiro atoms. The van der Waals surface area contributed by atoms with Crippen LogP contribution in [0.2, 0.25) is 0 Å². The molecule has 4 nitrogen and oxygen atoms in total. The average molecular weight is 302 g/mol. The van der Waals surface area contributed by atoms with Crippen molar-refractivity contribution in [3.05, 3.63) is 33.3 Å². The molecule has 0 aliphatic carbocycles. The summed E-state index contributed by atoms with van der Waals surface area (Å²) in [7, 11) is 0. The van der Waals surface area contributed by atoms with Gasteiger partial charge in [-0.15, -0.1) is 11.3 Å². The predicted octanol–water partition coefficient (Wildman–Crippen LogP) is 3.54. The van der Waals surface area contributed by atoms with Crippen LogP contribution in [0.3, 0.4) is 0 Å². The van der Waals surface area contributed by atoms with Crippen LogP contribution in [0.15, 0.2) is 11.4 Å². The monoisotopic (exact) mass is 302 g/mol. The van der Waals surface area contributed by atoms with Crippen molar-refractivity contribution in [2.24, 2.45) is 0 Å². The molecule has 2 aromatic rings. The van der Waals surface area contributed by atoms with E-state index in [1.54, 1.807) is 0 Å². The number of thiophene rings is 1. The Labute approximate surface area is 130 Å². The van der Waals surface area contributed by atoms with Gasteiger partial charge in [-0.2, -0.15) is 0 Å². The van der Waals surface area contributed by atoms with Crippen molar-refractivity contribution in [2.75, 3.05) is 23.3 Å². The molecule has 0 saturated heterocycles. The molecule has 0 fully saturated rings. The Balaban J connectivity index is 1.90. The topological polar surface area (TPSA) is 41.1 Å². The highest BCUT2D eigenvalue weighted by molar-refractivity contribution is 7.10. The molecular weight excluding hydrogens is 280 g/mol. The molecule has 3 heterocycles. The zero-order valence-electron chi connectivity index (χ0n) is 12.9. The first kappa shape index (κ1) is 14.3. The summed E-state index contributed by atoms with van der Waals surface area (Å²) in [6.07, 6.45) is 2.22. The number of aromatic nitrogens is 2. The molecule has 1 aliphatic rings. The maximum absolute atomic E-state index is 4.70.